The minimum Gasteiger partial charge on any atom is -0.375 e. The fraction of sp³-hybridized carbons (Fsp3) is 0.455. The maximum atomic E-state index is 14.3. The number of benzene rings is 1. The molecule has 158 valence electrons. The Kier molecular flexibility index (Phi) is 5.85. The van der Waals surface area contributed by atoms with Crippen LogP contribution in [-0.2, 0) is 17.8 Å². The van der Waals surface area contributed by atoms with E-state index in [2.05, 4.69) is 34.2 Å². The molecular formula is C22H24F2N4O2. The molecule has 1 aliphatic carbocycles. The molecule has 0 N–H and O–H groups in total. The van der Waals surface area contributed by atoms with Gasteiger partial charge < -0.3 is 9.26 Å². The summed E-state index contributed by atoms with van der Waals surface area (Å²) in [4.78, 5) is 4.36. The molecule has 0 saturated carbocycles. The molecule has 6 nitrogen and oxygen atoms in total. The van der Waals surface area contributed by atoms with Gasteiger partial charge in [-0.2, -0.15) is 15.2 Å². The van der Waals surface area contributed by atoms with Gasteiger partial charge in [0.25, 0.3) is 5.89 Å². The van der Waals surface area contributed by atoms with Crippen LogP contribution in [0, 0.1) is 17.6 Å². The van der Waals surface area contributed by atoms with Crippen molar-refractivity contribution in [2.75, 3.05) is 7.11 Å². The largest absolute Gasteiger partial charge is 0.375 e. The van der Waals surface area contributed by atoms with Crippen molar-refractivity contribution in [2.24, 2.45) is 5.92 Å². The van der Waals surface area contributed by atoms with Gasteiger partial charge in [-0.15, -0.1) is 0 Å². The van der Waals surface area contributed by atoms with E-state index >= 15 is 0 Å². The lowest BCUT2D eigenvalue weighted by molar-refractivity contribution is 0.151. The van der Waals surface area contributed by atoms with E-state index in [9.17, 15) is 8.78 Å². The Morgan fingerprint density at radius 1 is 1.17 bits per heavy atom. The second-order valence-electron chi connectivity index (χ2n) is 8.03. The van der Waals surface area contributed by atoms with Crippen LogP contribution in [0.3, 0.4) is 0 Å². The van der Waals surface area contributed by atoms with Gasteiger partial charge in [-0.25, -0.2) is 8.78 Å². The Hall–Kier alpha value is -2.74. The highest BCUT2D eigenvalue weighted by Crippen LogP contribution is 2.43. The third-order valence-corrected chi connectivity index (χ3v) is 5.70. The van der Waals surface area contributed by atoms with Crippen LogP contribution in [0.2, 0.25) is 0 Å². The summed E-state index contributed by atoms with van der Waals surface area (Å²) >= 11 is 0. The quantitative estimate of drug-likeness (QED) is 0.576. The SMILES string of the molecule is COCc1nc(CC2CCC(C(C)C)c3cc(-c4c(F)cccc4F)nnc32)no1. The van der Waals surface area contributed by atoms with Gasteiger partial charge in [0.05, 0.1) is 17.0 Å². The fourth-order valence-corrected chi connectivity index (χ4v) is 4.23. The lowest BCUT2D eigenvalue weighted by Gasteiger charge is -2.32. The summed E-state index contributed by atoms with van der Waals surface area (Å²) in [5.41, 5.74) is 1.92. The molecular weight excluding hydrogens is 390 g/mol. The topological polar surface area (TPSA) is 73.9 Å². The number of rotatable bonds is 6. The molecule has 30 heavy (non-hydrogen) atoms. The highest BCUT2D eigenvalue weighted by molar-refractivity contribution is 5.61. The van der Waals surface area contributed by atoms with Crippen LogP contribution in [0.1, 0.15) is 61.5 Å². The molecule has 2 unspecified atom stereocenters. The van der Waals surface area contributed by atoms with Crippen molar-refractivity contribution in [2.45, 2.75) is 51.6 Å². The molecule has 0 aliphatic heterocycles. The molecule has 8 heteroatoms. The van der Waals surface area contributed by atoms with E-state index in [0.717, 1.165) is 24.1 Å². The van der Waals surface area contributed by atoms with Crippen molar-refractivity contribution in [3.63, 3.8) is 0 Å². The van der Waals surface area contributed by atoms with E-state index in [4.69, 9.17) is 9.26 Å². The Labute approximate surface area is 173 Å². The second-order valence-corrected chi connectivity index (χ2v) is 8.03. The molecule has 4 rings (SSSR count). The first-order valence-corrected chi connectivity index (χ1v) is 10.1. The van der Waals surface area contributed by atoms with Gasteiger partial charge in [-0.05, 0) is 48.4 Å². The molecule has 0 saturated heterocycles. The molecule has 2 atom stereocenters. The molecule has 0 radical (unpaired) electrons. The van der Waals surface area contributed by atoms with Gasteiger partial charge in [0.2, 0.25) is 0 Å². The van der Waals surface area contributed by atoms with Crippen LogP contribution < -0.4 is 0 Å². The minimum atomic E-state index is -0.643. The number of halogens is 2. The average molecular weight is 414 g/mol. The Morgan fingerprint density at radius 2 is 1.93 bits per heavy atom. The smallest absolute Gasteiger partial charge is 0.252 e. The van der Waals surface area contributed by atoms with Crippen molar-refractivity contribution in [1.29, 1.82) is 0 Å². The van der Waals surface area contributed by atoms with Crippen molar-refractivity contribution < 1.29 is 18.0 Å². The zero-order chi connectivity index (χ0) is 21.3. The summed E-state index contributed by atoms with van der Waals surface area (Å²) in [5, 5.41) is 12.7. The van der Waals surface area contributed by atoms with Crippen LogP contribution in [0.25, 0.3) is 11.3 Å². The summed E-state index contributed by atoms with van der Waals surface area (Å²) in [6.07, 6.45) is 2.42. The van der Waals surface area contributed by atoms with Crippen LogP contribution in [-0.4, -0.2) is 27.4 Å². The zero-order valence-electron chi connectivity index (χ0n) is 17.2. The van der Waals surface area contributed by atoms with Gasteiger partial charge in [-0.3, -0.25) is 0 Å². The first-order valence-electron chi connectivity index (χ1n) is 10.1. The number of fused-ring (bicyclic) bond motifs is 1. The van der Waals surface area contributed by atoms with E-state index < -0.39 is 11.6 Å². The summed E-state index contributed by atoms with van der Waals surface area (Å²) in [6.45, 7) is 4.56. The zero-order valence-corrected chi connectivity index (χ0v) is 17.2. The van der Waals surface area contributed by atoms with Crippen molar-refractivity contribution >= 4 is 0 Å². The van der Waals surface area contributed by atoms with E-state index in [1.165, 1.54) is 18.2 Å². The van der Waals surface area contributed by atoms with Gasteiger partial charge in [0.15, 0.2) is 5.82 Å². The third kappa shape index (κ3) is 3.96. The fourth-order valence-electron chi connectivity index (χ4n) is 4.23. The average Bonchev–Trinajstić information content (AvgIpc) is 3.15. The third-order valence-electron chi connectivity index (χ3n) is 5.70. The van der Waals surface area contributed by atoms with Crippen LogP contribution in [0.15, 0.2) is 28.8 Å². The van der Waals surface area contributed by atoms with Gasteiger partial charge in [0, 0.05) is 19.4 Å². The second kappa shape index (κ2) is 8.55. The molecule has 0 amide bonds. The normalized spacial score (nSPS) is 18.6. The summed E-state index contributed by atoms with van der Waals surface area (Å²) < 4.78 is 38.8. The first kappa shape index (κ1) is 20.5. The highest BCUT2D eigenvalue weighted by Gasteiger charge is 2.32. The van der Waals surface area contributed by atoms with Gasteiger partial charge >= 0.3 is 0 Å². The maximum absolute atomic E-state index is 14.3. The minimum absolute atomic E-state index is 0.0648. The predicted octanol–water partition coefficient (Wildman–Crippen LogP) is 4.81. The monoisotopic (exact) mass is 414 g/mol. The molecule has 3 aromatic rings. The molecule has 2 heterocycles. The molecule has 0 bridgehead atoms. The highest BCUT2D eigenvalue weighted by atomic mass is 19.1. The number of nitrogens with zero attached hydrogens (tertiary/aromatic N) is 4. The number of ether oxygens (including phenoxy) is 1. The Bertz CT molecular complexity index is 1020. The van der Waals surface area contributed by atoms with Crippen LogP contribution in [0.5, 0.6) is 0 Å². The van der Waals surface area contributed by atoms with Gasteiger partial charge in [0.1, 0.15) is 18.2 Å². The molecule has 0 spiro atoms. The van der Waals surface area contributed by atoms with E-state index in [1.807, 2.05) is 0 Å². The van der Waals surface area contributed by atoms with Crippen LogP contribution in [0.4, 0.5) is 8.78 Å². The number of hydrogen-bond donors (Lipinski definition) is 0. The lowest BCUT2D eigenvalue weighted by atomic mass is 9.73. The van der Waals surface area contributed by atoms with E-state index in [0.29, 0.717) is 24.1 Å². The number of methoxy groups -OCH3 is 1. The van der Waals surface area contributed by atoms with Gasteiger partial charge in [-0.1, -0.05) is 25.1 Å². The van der Waals surface area contributed by atoms with E-state index in [1.54, 1.807) is 13.2 Å². The Morgan fingerprint density at radius 3 is 2.63 bits per heavy atom. The molecule has 2 aromatic heterocycles. The summed E-state index contributed by atoms with van der Waals surface area (Å²) in [5.74, 6) is 0.410. The van der Waals surface area contributed by atoms with Crippen molar-refractivity contribution in [3.05, 3.63) is 58.9 Å². The predicted molar refractivity (Wildman–Crippen MR) is 106 cm³/mol. The molecule has 0 fully saturated rings. The summed E-state index contributed by atoms with van der Waals surface area (Å²) in [6, 6.07) is 5.61. The molecule has 1 aromatic carbocycles. The summed E-state index contributed by atoms with van der Waals surface area (Å²) in [7, 11) is 1.57. The molecule has 1 aliphatic rings. The number of hydrogen-bond acceptors (Lipinski definition) is 6. The van der Waals surface area contributed by atoms with E-state index in [-0.39, 0.29) is 29.7 Å². The van der Waals surface area contributed by atoms with Crippen molar-refractivity contribution in [1.82, 2.24) is 20.3 Å². The first-order chi connectivity index (χ1) is 14.5. The standard InChI is InChI=1S/C22H24F2N4O2/c1-12(2)14-8-7-13(9-19-25-20(11-29-3)30-28-19)22-15(14)10-18(26-27-22)21-16(23)5-4-6-17(21)24/h4-6,10,12-14H,7-9,11H2,1-3H3. The number of aromatic nitrogens is 4. The van der Waals surface area contributed by atoms with Crippen LogP contribution >= 0.6 is 0 Å². The lowest BCUT2D eigenvalue weighted by Crippen LogP contribution is -2.22. The van der Waals surface area contributed by atoms with Crippen molar-refractivity contribution in [3.8, 4) is 11.3 Å². The maximum Gasteiger partial charge on any atom is 0.252 e. The Balaban J connectivity index is 1.71.